The van der Waals surface area contributed by atoms with E-state index in [1.54, 1.807) is 0 Å². The van der Waals surface area contributed by atoms with Gasteiger partial charge in [0.15, 0.2) is 0 Å². The average Bonchev–Trinajstić information content (AvgIpc) is 3.74. The molecule has 8 aromatic carbocycles. The molecule has 3 heteroatoms. The largest absolute Gasteiger partial charge is 0.354 e. The number of hydrogen-bond acceptors (Lipinski definition) is 1. The standard InChI is InChI=1S/C47H29N3/c48-29-34-17-11-15-31-16-12-22-36(41(31)34)30-25-27-33(28-26-30)42-45-38-21-8-10-24-40(38)50(35-18-5-2-6-19-35)47(45)43(32-13-3-1-4-14-32)44-37-20-7-9-23-39(37)49-46(42)44/h1-28,49H. The number of para-hydroxylation sites is 3. The third-order valence-corrected chi connectivity index (χ3v) is 10.2. The van der Waals surface area contributed by atoms with Gasteiger partial charge in [-0.3, -0.25) is 0 Å². The Labute approximate surface area is 288 Å². The summed E-state index contributed by atoms with van der Waals surface area (Å²) in [4.78, 5) is 3.90. The number of benzene rings is 8. The Morgan fingerprint density at radius 1 is 0.480 bits per heavy atom. The van der Waals surface area contributed by atoms with Crippen LogP contribution in [0, 0.1) is 11.3 Å². The lowest BCUT2D eigenvalue weighted by Crippen LogP contribution is -1.97. The second-order valence-corrected chi connectivity index (χ2v) is 12.8. The van der Waals surface area contributed by atoms with Gasteiger partial charge in [0.1, 0.15) is 0 Å². The van der Waals surface area contributed by atoms with Crippen LogP contribution in [0.5, 0.6) is 0 Å². The van der Waals surface area contributed by atoms with Crippen LogP contribution in [0.3, 0.4) is 0 Å². The summed E-state index contributed by atoms with van der Waals surface area (Å²) in [5, 5.41) is 16.9. The van der Waals surface area contributed by atoms with E-state index >= 15 is 0 Å². The predicted octanol–water partition coefficient (Wildman–Crippen LogP) is 12.4. The van der Waals surface area contributed by atoms with E-state index in [2.05, 4.69) is 173 Å². The maximum Gasteiger partial charge on any atom is 0.0998 e. The SMILES string of the molecule is N#Cc1cccc2cccc(-c3ccc(-c4c5[nH]c6ccccc6c5c(-c5ccccc5)c5c4c4ccccc4n5-c4ccccc4)cc3)c12. The highest BCUT2D eigenvalue weighted by atomic mass is 15.0. The van der Waals surface area contributed by atoms with Gasteiger partial charge in [-0.15, -0.1) is 0 Å². The molecule has 232 valence electrons. The minimum absolute atomic E-state index is 0.689. The first-order chi connectivity index (χ1) is 24.8. The van der Waals surface area contributed by atoms with Crippen LogP contribution in [0.4, 0.5) is 0 Å². The Morgan fingerprint density at radius 3 is 1.90 bits per heavy atom. The fourth-order valence-corrected chi connectivity index (χ4v) is 8.07. The van der Waals surface area contributed by atoms with E-state index in [0.29, 0.717) is 5.56 Å². The van der Waals surface area contributed by atoms with Gasteiger partial charge in [0.05, 0.1) is 28.2 Å². The zero-order chi connectivity index (χ0) is 33.2. The number of nitriles is 1. The molecule has 0 radical (unpaired) electrons. The van der Waals surface area contributed by atoms with Gasteiger partial charge in [0.25, 0.3) is 0 Å². The molecule has 50 heavy (non-hydrogen) atoms. The quantitative estimate of drug-likeness (QED) is 0.205. The summed E-state index contributed by atoms with van der Waals surface area (Å²) in [6.07, 6.45) is 0. The zero-order valence-corrected chi connectivity index (χ0v) is 27.1. The van der Waals surface area contributed by atoms with Crippen LogP contribution in [0.15, 0.2) is 170 Å². The molecule has 0 fully saturated rings. The van der Waals surface area contributed by atoms with Crippen LogP contribution in [0.25, 0.3) is 93.5 Å². The molecule has 0 aliphatic carbocycles. The van der Waals surface area contributed by atoms with Crippen molar-refractivity contribution in [2.75, 3.05) is 0 Å². The van der Waals surface area contributed by atoms with Crippen LogP contribution >= 0.6 is 0 Å². The summed E-state index contributed by atoms with van der Waals surface area (Å²) in [6, 6.07) is 62.5. The number of H-pyrrole nitrogens is 1. The van der Waals surface area contributed by atoms with E-state index in [1.807, 2.05) is 12.1 Å². The Bertz CT molecular complexity index is 2950. The fraction of sp³-hybridized carbons (Fsp3) is 0. The van der Waals surface area contributed by atoms with Crippen molar-refractivity contribution in [1.82, 2.24) is 9.55 Å². The minimum atomic E-state index is 0.689. The number of nitrogens with zero attached hydrogens (tertiary/aromatic N) is 2. The van der Waals surface area contributed by atoms with Crippen molar-refractivity contribution < 1.29 is 0 Å². The highest BCUT2D eigenvalue weighted by Crippen LogP contribution is 2.50. The maximum absolute atomic E-state index is 9.98. The molecule has 0 atom stereocenters. The van der Waals surface area contributed by atoms with Crippen molar-refractivity contribution >= 4 is 54.4 Å². The van der Waals surface area contributed by atoms with Crippen LogP contribution < -0.4 is 0 Å². The molecule has 10 rings (SSSR count). The van der Waals surface area contributed by atoms with E-state index in [4.69, 9.17) is 0 Å². The van der Waals surface area contributed by atoms with Crippen molar-refractivity contribution in [3.05, 3.63) is 175 Å². The Hall–Kier alpha value is -6.89. The highest BCUT2D eigenvalue weighted by molar-refractivity contribution is 6.32. The van der Waals surface area contributed by atoms with E-state index in [-0.39, 0.29) is 0 Å². The first kappa shape index (κ1) is 28.2. The lowest BCUT2D eigenvalue weighted by atomic mass is 9.89. The lowest BCUT2D eigenvalue weighted by molar-refractivity contribution is 1.18. The topological polar surface area (TPSA) is 44.5 Å². The van der Waals surface area contributed by atoms with Gasteiger partial charge < -0.3 is 9.55 Å². The molecule has 0 aliphatic rings. The minimum Gasteiger partial charge on any atom is -0.354 e. The zero-order valence-electron chi connectivity index (χ0n) is 27.1. The van der Waals surface area contributed by atoms with Crippen LogP contribution in [0.2, 0.25) is 0 Å². The van der Waals surface area contributed by atoms with Gasteiger partial charge in [0.2, 0.25) is 0 Å². The third-order valence-electron chi connectivity index (χ3n) is 10.2. The van der Waals surface area contributed by atoms with Gasteiger partial charge in [-0.2, -0.15) is 5.26 Å². The second-order valence-electron chi connectivity index (χ2n) is 12.8. The monoisotopic (exact) mass is 635 g/mol. The molecule has 0 saturated heterocycles. The number of aromatic nitrogens is 2. The molecular weight excluding hydrogens is 607 g/mol. The summed E-state index contributed by atoms with van der Waals surface area (Å²) in [7, 11) is 0. The summed E-state index contributed by atoms with van der Waals surface area (Å²) in [6.45, 7) is 0. The number of fused-ring (bicyclic) bond motifs is 7. The van der Waals surface area contributed by atoms with Gasteiger partial charge in [0, 0.05) is 49.3 Å². The van der Waals surface area contributed by atoms with Gasteiger partial charge in [-0.05, 0) is 58.0 Å². The average molecular weight is 636 g/mol. The normalized spacial score (nSPS) is 11.6. The van der Waals surface area contributed by atoms with E-state index in [9.17, 15) is 5.26 Å². The molecule has 2 heterocycles. The number of rotatable bonds is 4. The molecule has 0 unspecified atom stereocenters. The molecule has 0 aliphatic heterocycles. The van der Waals surface area contributed by atoms with E-state index < -0.39 is 0 Å². The molecule has 0 bridgehead atoms. The van der Waals surface area contributed by atoms with Crippen molar-refractivity contribution in [2.24, 2.45) is 0 Å². The Kier molecular flexibility index (Phi) is 6.24. The van der Waals surface area contributed by atoms with Crippen molar-refractivity contribution in [3.63, 3.8) is 0 Å². The molecule has 1 N–H and O–H groups in total. The van der Waals surface area contributed by atoms with Gasteiger partial charge >= 0.3 is 0 Å². The lowest BCUT2D eigenvalue weighted by Gasteiger charge is -2.17. The van der Waals surface area contributed by atoms with E-state index in [0.717, 1.165) is 44.2 Å². The molecule has 0 amide bonds. The van der Waals surface area contributed by atoms with Crippen molar-refractivity contribution in [1.29, 1.82) is 5.26 Å². The Morgan fingerprint density at radius 2 is 1.12 bits per heavy atom. The third kappa shape index (κ3) is 4.09. The maximum atomic E-state index is 9.98. The van der Waals surface area contributed by atoms with E-state index in [1.165, 1.54) is 49.3 Å². The van der Waals surface area contributed by atoms with Crippen LogP contribution in [0.1, 0.15) is 5.56 Å². The summed E-state index contributed by atoms with van der Waals surface area (Å²) < 4.78 is 2.45. The predicted molar refractivity (Wildman–Crippen MR) is 209 cm³/mol. The van der Waals surface area contributed by atoms with Crippen molar-refractivity contribution in [3.8, 4) is 45.1 Å². The van der Waals surface area contributed by atoms with Crippen LogP contribution in [-0.2, 0) is 0 Å². The molecule has 0 saturated carbocycles. The first-order valence-electron chi connectivity index (χ1n) is 16.9. The fourth-order valence-electron chi connectivity index (χ4n) is 8.07. The Balaban J connectivity index is 1.37. The summed E-state index contributed by atoms with van der Waals surface area (Å²) >= 11 is 0. The molecule has 2 aromatic heterocycles. The first-order valence-corrected chi connectivity index (χ1v) is 16.9. The van der Waals surface area contributed by atoms with Crippen molar-refractivity contribution in [2.45, 2.75) is 0 Å². The molecular formula is C47H29N3. The number of nitrogens with one attached hydrogen (secondary N) is 1. The number of aromatic amines is 1. The van der Waals surface area contributed by atoms with Gasteiger partial charge in [-0.25, -0.2) is 0 Å². The highest BCUT2D eigenvalue weighted by Gasteiger charge is 2.26. The second kappa shape index (κ2) is 11.1. The summed E-state index contributed by atoms with van der Waals surface area (Å²) in [5.74, 6) is 0. The smallest absolute Gasteiger partial charge is 0.0998 e. The summed E-state index contributed by atoms with van der Waals surface area (Å²) in [5.41, 5.74) is 13.3. The van der Waals surface area contributed by atoms with Gasteiger partial charge in [-0.1, -0.05) is 140 Å². The molecule has 10 aromatic rings. The molecule has 3 nitrogen and oxygen atoms in total. The molecule has 0 spiro atoms. The van der Waals surface area contributed by atoms with Crippen LogP contribution in [-0.4, -0.2) is 9.55 Å². The number of hydrogen-bond donors (Lipinski definition) is 1.